The number of halogens is 2. The van der Waals surface area contributed by atoms with Crippen molar-refractivity contribution in [1.29, 1.82) is 0 Å². The molecule has 0 aromatic heterocycles. The Hall–Kier alpha value is -2.20. The lowest BCUT2D eigenvalue weighted by Crippen LogP contribution is -2.07. The lowest BCUT2D eigenvalue weighted by molar-refractivity contribution is 0.0697. The third kappa shape index (κ3) is 2.80. The molecule has 0 unspecified atom stereocenters. The summed E-state index contributed by atoms with van der Waals surface area (Å²) < 4.78 is 13.6. The van der Waals surface area contributed by atoms with Gasteiger partial charge in [-0.3, -0.25) is 4.79 Å². The minimum Gasteiger partial charge on any atom is -0.478 e. The molecule has 0 saturated carbocycles. The standard InChI is InChI=1S/C14H8ClFO3/c15-10-3-1-2-8(6-10)13(17)11-7-9(14(18)19)4-5-12(11)16/h1-7H,(H,18,19). The molecule has 3 nitrogen and oxygen atoms in total. The second-order valence-corrected chi connectivity index (χ2v) is 4.28. The van der Waals surface area contributed by atoms with Crippen LogP contribution < -0.4 is 0 Å². The van der Waals surface area contributed by atoms with Crippen LogP contribution in [-0.4, -0.2) is 16.9 Å². The number of ketones is 1. The molecule has 1 N–H and O–H groups in total. The molecule has 0 aliphatic heterocycles. The SMILES string of the molecule is O=C(O)c1ccc(F)c(C(=O)c2cccc(Cl)c2)c1. The number of carbonyl (C=O) groups excluding carboxylic acids is 1. The van der Waals surface area contributed by atoms with Gasteiger partial charge in [-0.2, -0.15) is 0 Å². The zero-order valence-corrected chi connectivity index (χ0v) is 10.3. The lowest BCUT2D eigenvalue weighted by Gasteiger charge is -2.04. The fourth-order valence-electron chi connectivity index (χ4n) is 1.62. The van der Waals surface area contributed by atoms with Crippen LogP contribution in [0.5, 0.6) is 0 Å². The van der Waals surface area contributed by atoms with Crippen molar-refractivity contribution < 1.29 is 19.1 Å². The van der Waals surface area contributed by atoms with Crippen LogP contribution in [0, 0.1) is 5.82 Å². The van der Waals surface area contributed by atoms with Crippen LogP contribution in [0.3, 0.4) is 0 Å². The van der Waals surface area contributed by atoms with E-state index in [0.29, 0.717) is 5.02 Å². The first-order valence-corrected chi connectivity index (χ1v) is 5.70. The largest absolute Gasteiger partial charge is 0.478 e. The van der Waals surface area contributed by atoms with E-state index in [1.807, 2.05) is 0 Å². The van der Waals surface area contributed by atoms with E-state index in [1.165, 1.54) is 12.1 Å². The maximum atomic E-state index is 13.6. The molecule has 96 valence electrons. The van der Waals surface area contributed by atoms with E-state index in [1.54, 1.807) is 12.1 Å². The molecule has 0 spiro atoms. The third-order valence-electron chi connectivity index (χ3n) is 2.54. The molecule has 0 radical (unpaired) electrons. The van der Waals surface area contributed by atoms with Crippen LogP contribution in [0.4, 0.5) is 4.39 Å². The highest BCUT2D eigenvalue weighted by Gasteiger charge is 2.16. The third-order valence-corrected chi connectivity index (χ3v) is 2.78. The number of carboxylic acids is 1. The highest BCUT2D eigenvalue weighted by atomic mass is 35.5. The predicted octanol–water partition coefficient (Wildman–Crippen LogP) is 3.41. The van der Waals surface area contributed by atoms with Crippen LogP contribution >= 0.6 is 11.6 Å². The fraction of sp³-hybridized carbons (Fsp3) is 0. The first kappa shape index (κ1) is 13.2. The van der Waals surface area contributed by atoms with Gasteiger partial charge in [0.15, 0.2) is 5.78 Å². The first-order valence-electron chi connectivity index (χ1n) is 5.32. The summed E-state index contributed by atoms with van der Waals surface area (Å²) in [6.07, 6.45) is 0. The van der Waals surface area contributed by atoms with E-state index in [-0.39, 0.29) is 16.7 Å². The van der Waals surface area contributed by atoms with Crippen molar-refractivity contribution in [2.75, 3.05) is 0 Å². The van der Waals surface area contributed by atoms with Crippen molar-refractivity contribution in [3.05, 3.63) is 70.0 Å². The van der Waals surface area contributed by atoms with Crippen molar-refractivity contribution in [3.8, 4) is 0 Å². The molecule has 2 aromatic rings. The maximum absolute atomic E-state index is 13.6. The van der Waals surface area contributed by atoms with E-state index in [4.69, 9.17) is 16.7 Å². The Balaban J connectivity index is 2.49. The zero-order chi connectivity index (χ0) is 14.0. The summed E-state index contributed by atoms with van der Waals surface area (Å²) in [5.41, 5.74) is -0.233. The molecule has 0 amide bonds. The molecular formula is C14H8ClFO3. The summed E-state index contributed by atoms with van der Waals surface area (Å²) >= 11 is 5.76. The molecule has 0 atom stereocenters. The number of benzene rings is 2. The molecule has 0 heterocycles. The van der Waals surface area contributed by atoms with Gasteiger partial charge in [-0.15, -0.1) is 0 Å². The van der Waals surface area contributed by atoms with E-state index in [0.717, 1.165) is 18.2 Å². The number of hydrogen-bond acceptors (Lipinski definition) is 2. The van der Waals surface area contributed by atoms with Crippen molar-refractivity contribution >= 4 is 23.4 Å². The van der Waals surface area contributed by atoms with Crippen LogP contribution in [0.2, 0.25) is 5.02 Å². The molecule has 5 heteroatoms. The molecule has 2 aromatic carbocycles. The van der Waals surface area contributed by atoms with Crippen LogP contribution in [0.25, 0.3) is 0 Å². The Morgan fingerprint density at radius 1 is 1.05 bits per heavy atom. The fourth-order valence-corrected chi connectivity index (χ4v) is 1.81. The summed E-state index contributed by atoms with van der Waals surface area (Å²) in [5.74, 6) is -2.60. The van der Waals surface area contributed by atoms with Gasteiger partial charge in [0.25, 0.3) is 0 Å². The summed E-state index contributed by atoms with van der Waals surface area (Å²) in [4.78, 5) is 22.9. The second-order valence-electron chi connectivity index (χ2n) is 3.84. The Kier molecular flexibility index (Phi) is 3.62. The zero-order valence-electron chi connectivity index (χ0n) is 9.56. The van der Waals surface area contributed by atoms with E-state index < -0.39 is 17.6 Å². The van der Waals surface area contributed by atoms with Gasteiger partial charge in [-0.05, 0) is 30.3 Å². The molecule has 0 bridgehead atoms. The average molecular weight is 279 g/mol. The van der Waals surface area contributed by atoms with E-state index in [2.05, 4.69) is 0 Å². The van der Waals surface area contributed by atoms with Gasteiger partial charge in [0.1, 0.15) is 5.82 Å². The smallest absolute Gasteiger partial charge is 0.335 e. The number of aromatic carboxylic acids is 1. The van der Waals surface area contributed by atoms with Crippen molar-refractivity contribution in [1.82, 2.24) is 0 Å². The summed E-state index contributed by atoms with van der Waals surface area (Å²) in [6.45, 7) is 0. The Bertz CT molecular complexity index is 667. The molecular weight excluding hydrogens is 271 g/mol. The summed E-state index contributed by atoms with van der Waals surface area (Å²) in [5, 5.41) is 9.19. The minimum absolute atomic E-state index is 0.147. The van der Waals surface area contributed by atoms with Crippen molar-refractivity contribution in [2.45, 2.75) is 0 Å². The quantitative estimate of drug-likeness (QED) is 0.876. The average Bonchev–Trinajstić information content (AvgIpc) is 2.38. The highest BCUT2D eigenvalue weighted by molar-refractivity contribution is 6.31. The van der Waals surface area contributed by atoms with Crippen LogP contribution in [-0.2, 0) is 0 Å². The maximum Gasteiger partial charge on any atom is 0.335 e. The summed E-state index contributed by atoms with van der Waals surface area (Å²) in [7, 11) is 0. The molecule has 19 heavy (non-hydrogen) atoms. The van der Waals surface area contributed by atoms with Crippen molar-refractivity contribution in [2.24, 2.45) is 0 Å². The monoisotopic (exact) mass is 278 g/mol. The lowest BCUT2D eigenvalue weighted by atomic mass is 10.0. The van der Waals surface area contributed by atoms with Gasteiger partial charge in [0.2, 0.25) is 0 Å². The van der Waals surface area contributed by atoms with Gasteiger partial charge >= 0.3 is 5.97 Å². The van der Waals surface area contributed by atoms with Gasteiger partial charge in [0, 0.05) is 10.6 Å². The highest BCUT2D eigenvalue weighted by Crippen LogP contribution is 2.18. The van der Waals surface area contributed by atoms with Gasteiger partial charge in [-0.25, -0.2) is 9.18 Å². The normalized spacial score (nSPS) is 10.2. The number of carbonyl (C=O) groups is 2. The first-order chi connectivity index (χ1) is 8.99. The molecule has 0 fully saturated rings. The molecule has 0 saturated heterocycles. The molecule has 0 aliphatic carbocycles. The van der Waals surface area contributed by atoms with E-state index >= 15 is 0 Å². The van der Waals surface area contributed by atoms with Crippen molar-refractivity contribution in [3.63, 3.8) is 0 Å². The Labute approximate surface area is 113 Å². The predicted molar refractivity (Wildman–Crippen MR) is 68.2 cm³/mol. The van der Waals surface area contributed by atoms with Gasteiger partial charge in [-0.1, -0.05) is 23.7 Å². The Morgan fingerprint density at radius 2 is 1.79 bits per heavy atom. The van der Waals surface area contributed by atoms with Crippen LogP contribution in [0.15, 0.2) is 42.5 Å². The van der Waals surface area contributed by atoms with Gasteiger partial charge < -0.3 is 5.11 Å². The summed E-state index contributed by atoms with van der Waals surface area (Å²) in [6, 6.07) is 9.11. The van der Waals surface area contributed by atoms with E-state index in [9.17, 15) is 14.0 Å². The molecule has 0 aliphatic rings. The number of rotatable bonds is 3. The van der Waals surface area contributed by atoms with Crippen LogP contribution in [0.1, 0.15) is 26.3 Å². The minimum atomic E-state index is -1.22. The van der Waals surface area contributed by atoms with Gasteiger partial charge in [0.05, 0.1) is 11.1 Å². The second kappa shape index (κ2) is 5.20. The topological polar surface area (TPSA) is 54.4 Å². The Morgan fingerprint density at radius 3 is 2.42 bits per heavy atom. The number of hydrogen-bond donors (Lipinski definition) is 1. The molecule has 2 rings (SSSR count). The number of carboxylic acid groups (broad SMARTS) is 1.